The summed E-state index contributed by atoms with van der Waals surface area (Å²) in [6, 6.07) is 12.2. The van der Waals surface area contributed by atoms with Crippen molar-refractivity contribution < 1.29 is 4.39 Å². The van der Waals surface area contributed by atoms with E-state index in [0.717, 1.165) is 16.8 Å². The standard InChI is InChI=1S/C14H11ClFN3/c15-8-9-2-1-3-11(6-9)17-14-18-12-5-4-10(16)7-13(12)19-14/h1-7H,8H2,(H2,17,18,19). The Morgan fingerprint density at radius 3 is 2.95 bits per heavy atom. The van der Waals surface area contributed by atoms with Crippen LogP contribution in [0.15, 0.2) is 42.5 Å². The average molecular weight is 276 g/mol. The maximum absolute atomic E-state index is 13.1. The number of hydrogen-bond acceptors (Lipinski definition) is 2. The third-order valence-corrected chi connectivity index (χ3v) is 3.10. The van der Waals surface area contributed by atoms with Crippen molar-refractivity contribution in [2.75, 3.05) is 5.32 Å². The second-order valence-corrected chi connectivity index (χ2v) is 4.47. The lowest BCUT2D eigenvalue weighted by molar-refractivity contribution is 0.629. The Morgan fingerprint density at radius 1 is 1.21 bits per heavy atom. The summed E-state index contributed by atoms with van der Waals surface area (Å²) in [6.45, 7) is 0. The molecule has 0 aliphatic rings. The molecule has 0 bridgehead atoms. The molecule has 96 valence electrons. The van der Waals surface area contributed by atoms with Gasteiger partial charge in [0.1, 0.15) is 5.82 Å². The van der Waals surface area contributed by atoms with Gasteiger partial charge in [-0.3, -0.25) is 0 Å². The minimum atomic E-state index is -0.285. The predicted molar refractivity (Wildman–Crippen MR) is 75.3 cm³/mol. The van der Waals surface area contributed by atoms with Crippen molar-refractivity contribution in [2.24, 2.45) is 0 Å². The number of fused-ring (bicyclic) bond motifs is 1. The van der Waals surface area contributed by atoms with E-state index in [1.807, 2.05) is 24.3 Å². The number of H-pyrrole nitrogens is 1. The number of anilines is 2. The molecule has 5 heteroatoms. The topological polar surface area (TPSA) is 40.7 Å². The summed E-state index contributed by atoms with van der Waals surface area (Å²) in [7, 11) is 0. The van der Waals surface area contributed by atoms with Gasteiger partial charge in [0.15, 0.2) is 0 Å². The van der Waals surface area contributed by atoms with Crippen molar-refractivity contribution in [3.63, 3.8) is 0 Å². The number of nitrogens with zero attached hydrogens (tertiary/aromatic N) is 1. The zero-order valence-electron chi connectivity index (χ0n) is 9.95. The molecule has 19 heavy (non-hydrogen) atoms. The van der Waals surface area contributed by atoms with Crippen LogP contribution in [-0.2, 0) is 5.88 Å². The molecule has 3 aromatic rings. The van der Waals surface area contributed by atoms with Gasteiger partial charge in [0.05, 0.1) is 11.0 Å². The van der Waals surface area contributed by atoms with E-state index in [0.29, 0.717) is 17.3 Å². The highest BCUT2D eigenvalue weighted by atomic mass is 35.5. The van der Waals surface area contributed by atoms with Crippen LogP contribution in [-0.4, -0.2) is 9.97 Å². The molecule has 2 aromatic carbocycles. The summed E-state index contributed by atoms with van der Waals surface area (Å²) in [5, 5.41) is 3.14. The molecule has 0 unspecified atom stereocenters. The van der Waals surface area contributed by atoms with E-state index in [1.54, 1.807) is 6.07 Å². The van der Waals surface area contributed by atoms with Gasteiger partial charge < -0.3 is 10.3 Å². The van der Waals surface area contributed by atoms with E-state index in [-0.39, 0.29) is 5.82 Å². The average Bonchev–Trinajstić information content (AvgIpc) is 2.80. The van der Waals surface area contributed by atoms with Gasteiger partial charge in [0.2, 0.25) is 5.95 Å². The lowest BCUT2D eigenvalue weighted by atomic mass is 10.2. The number of aromatic amines is 1. The molecule has 1 aromatic heterocycles. The van der Waals surface area contributed by atoms with Gasteiger partial charge in [0.25, 0.3) is 0 Å². The summed E-state index contributed by atoms with van der Waals surface area (Å²) in [5.41, 5.74) is 3.29. The number of imidazole rings is 1. The molecule has 0 atom stereocenters. The first-order valence-electron chi connectivity index (χ1n) is 5.82. The van der Waals surface area contributed by atoms with Crippen LogP contribution in [0.1, 0.15) is 5.56 Å². The minimum Gasteiger partial charge on any atom is -0.326 e. The van der Waals surface area contributed by atoms with Crippen LogP contribution in [0.2, 0.25) is 0 Å². The van der Waals surface area contributed by atoms with E-state index < -0.39 is 0 Å². The van der Waals surface area contributed by atoms with Crippen molar-refractivity contribution in [3.05, 3.63) is 53.8 Å². The molecule has 0 aliphatic carbocycles. The largest absolute Gasteiger partial charge is 0.326 e. The molecule has 0 saturated carbocycles. The highest BCUT2D eigenvalue weighted by molar-refractivity contribution is 6.17. The molecule has 0 amide bonds. The van der Waals surface area contributed by atoms with E-state index in [4.69, 9.17) is 11.6 Å². The van der Waals surface area contributed by atoms with Crippen molar-refractivity contribution in [1.29, 1.82) is 0 Å². The Balaban J connectivity index is 1.92. The molecule has 0 aliphatic heterocycles. The molecule has 2 N–H and O–H groups in total. The number of benzene rings is 2. The molecule has 3 nitrogen and oxygen atoms in total. The van der Waals surface area contributed by atoms with E-state index >= 15 is 0 Å². The molecule has 0 spiro atoms. The monoisotopic (exact) mass is 275 g/mol. The Labute approximate surface area is 114 Å². The maximum Gasteiger partial charge on any atom is 0.205 e. The van der Waals surface area contributed by atoms with E-state index in [9.17, 15) is 4.39 Å². The van der Waals surface area contributed by atoms with Crippen LogP contribution in [0.4, 0.5) is 16.0 Å². The Hall–Kier alpha value is -2.07. The first-order valence-corrected chi connectivity index (χ1v) is 6.35. The zero-order valence-corrected chi connectivity index (χ0v) is 10.7. The highest BCUT2D eigenvalue weighted by Gasteiger charge is 2.04. The van der Waals surface area contributed by atoms with Crippen molar-refractivity contribution in [3.8, 4) is 0 Å². The fourth-order valence-corrected chi connectivity index (χ4v) is 2.08. The lowest BCUT2D eigenvalue weighted by Crippen LogP contribution is -1.92. The predicted octanol–water partition coefficient (Wildman–Crippen LogP) is 4.18. The molecular formula is C14H11ClFN3. The maximum atomic E-state index is 13.1. The Bertz CT molecular complexity index is 724. The fourth-order valence-electron chi connectivity index (χ4n) is 1.91. The highest BCUT2D eigenvalue weighted by Crippen LogP contribution is 2.20. The van der Waals surface area contributed by atoms with Crippen molar-refractivity contribution >= 4 is 34.3 Å². The second-order valence-electron chi connectivity index (χ2n) is 4.21. The summed E-state index contributed by atoms with van der Waals surface area (Å²) >= 11 is 5.79. The van der Waals surface area contributed by atoms with Crippen LogP contribution in [0, 0.1) is 5.82 Å². The summed E-state index contributed by atoms with van der Waals surface area (Å²) in [4.78, 5) is 7.37. The normalized spacial score (nSPS) is 10.8. The van der Waals surface area contributed by atoms with Gasteiger partial charge in [-0.2, -0.15) is 0 Å². The Kier molecular flexibility index (Phi) is 3.09. The van der Waals surface area contributed by atoms with Crippen LogP contribution in [0.3, 0.4) is 0 Å². The van der Waals surface area contributed by atoms with Gasteiger partial charge in [0, 0.05) is 11.6 Å². The van der Waals surface area contributed by atoms with Gasteiger partial charge in [-0.15, -0.1) is 11.6 Å². The molecule has 0 radical (unpaired) electrons. The third kappa shape index (κ3) is 2.53. The third-order valence-electron chi connectivity index (χ3n) is 2.79. The number of halogens is 2. The van der Waals surface area contributed by atoms with Gasteiger partial charge in [-0.1, -0.05) is 12.1 Å². The molecule has 0 saturated heterocycles. The van der Waals surface area contributed by atoms with Crippen LogP contribution in [0.5, 0.6) is 0 Å². The fraction of sp³-hybridized carbons (Fsp3) is 0.0714. The van der Waals surface area contributed by atoms with Crippen LogP contribution >= 0.6 is 11.6 Å². The number of nitrogens with one attached hydrogen (secondary N) is 2. The lowest BCUT2D eigenvalue weighted by Gasteiger charge is -2.03. The number of alkyl halides is 1. The van der Waals surface area contributed by atoms with Crippen molar-refractivity contribution in [2.45, 2.75) is 5.88 Å². The number of rotatable bonds is 3. The van der Waals surface area contributed by atoms with Gasteiger partial charge in [-0.25, -0.2) is 9.37 Å². The molecule has 3 rings (SSSR count). The zero-order chi connectivity index (χ0) is 13.2. The first kappa shape index (κ1) is 12.0. The minimum absolute atomic E-state index is 0.285. The van der Waals surface area contributed by atoms with Gasteiger partial charge in [-0.05, 0) is 35.9 Å². The smallest absolute Gasteiger partial charge is 0.205 e. The van der Waals surface area contributed by atoms with Crippen LogP contribution in [0.25, 0.3) is 11.0 Å². The summed E-state index contributed by atoms with van der Waals surface area (Å²) in [6.07, 6.45) is 0. The van der Waals surface area contributed by atoms with E-state index in [1.165, 1.54) is 12.1 Å². The van der Waals surface area contributed by atoms with E-state index in [2.05, 4.69) is 15.3 Å². The second kappa shape index (κ2) is 4.90. The van der Waals surface area contributed by atoms with Crippen molar-refractivity contribution in [1.82, 2.24) is 9.97 Å². The number of hydrogen-bond donors (Lipinski definition) is 2. The van der Waals surface area contributed by atoms with Crippen LogP contribution < -0.4 is 5.32 Å². The quantitative estimate of drug-likeness (QED) is 0.704. The summed E-state index contributed by atoms with van der Waals surface area (Å²) in [5.74, 6) is 0.750. The Morgan fingerprint density at radius 2 is 2.11 bits per heavy atom. The SMILES string of the molecule is Fc1ccc2nc(Nc3cccc(CCl)c3)[nH]c2c1. The van der Waals surface area contributed by atoms with Gasteiger partial charge >= 0.3 is 0 Å². The first-order chi connectivity index (χ1) is 9.24. The number of aromatic nitrogens is 2. The molecule has 0 fully saturated rings. The molecular weight excluding hydrogens is 265 g/mol. The molecule has 1 heterocycles. The summed E-state index contributed by atoms with van der Waals surface area (Å²) < 4.78 is 13.1.